The fraction of sp³-hybridized carbons (Fsp3) is 1.00. The predicted molar refractivity (Wildman–Crippen MR) is 53.9 cm³/mol. The number of hydrogen-bond donors (Lipinski definition) is 1. The first-order valence-electron chi connectivity index (χ1n) is 4.70. The zero-order chi connectivity index (χ0) is 7.73. The summed E-state index contributed by atoms with van der Waals surface area (Å²) in [5, 5.41) is 3.43. The second kappa shape index (κ2) is 3.95. The van der Waals surface area contributed by atoms with Crippen molar-refractivity contribution in [2.45, 2.75) is 19.3 Å². The first-order valence-corrected chi connectivity index (χ1v) is 4.70. The van der Waals surface area contributed by atoms with E-state index in [1.165, 1.54) is 45.4 Å². The van der Waals surface area contributed by atoms with E-state index in [0.717, 1.165) is 0 Å². The van der Waals surface area contributed by atoms with E-state index in [0.29, 0.717) is 5.41 Å². The standard InChI is InChI=1S/C9H18N2.ClH/c1-11-7-4-9(8-11)2-5-10-6-3-9;/h10H,2-8H2,1H3;1H. The summed E-state index contributed by atoms with van der Waals surface area (Å²) in [5.74, 6) is 0. The highest BCUT2D eigenvalue weighted by atomic mass is 35.5. The molecule has 0 aromatic rings. The summed E-state index contributed by atoms with van der Waals surface area (Å²) < 4.78 is 0. The van der Waals surface area contributed by atoms with Crippen molar-refractivity contribution in [2.75, 3.05) is 33.2 Å². The van der Waals surface area contributed by atoms with Gasteiger partial charge in [-0.05, 0) is 51.4 Å². The van der Waals surface area contributed by atoms with Crippen LogP contribution in [-0.4, -0.2) is 38.1 Å². The molecule has 2 heterocycles. The highest BCUT2D eigenvalue weighted by molar-refractivity contribution is 5.85. The summed E-state index contributed by atoms with van der Waals surface area (Å²) >= 11 is 0. The quantitative estimate of drug-likeness (QED) is 0.616. The molecule has 2 rings (SSSR count). The Balaban J connectivity index is 0.000000720. The van der Waals surface area contributed by atoms with Gasteiger partial charge < -0.3 is 10.2 Å². The molecule has 0 aliphatic carbocycles. The lowest BCUT2D eigenvalue weighted by atomic mass is 9.78. The van der Waals surface area contributed by atoms with Gasteiger partial charge >= 0.3 is 0 Å². The van der Waals surface area contributed by atoms with Crippen LogP contribution >= 0.6 is 12.4 Å². The minimum atomic E-state index is 0. The molecule has 0 saturated carbocycles. The number of piperidine rings is 1. The molecule has 0 amide bonds. The summed E-state index contributed by atoms with van der Waals surface area (Å²) in [6.07, 6.45) is 4.24. The Labute approximate surface area is 81.1 Å². The highest BCUT2D eigenvalue weighted by Crippen LogP contribution is 2.37. The summed E-state index contributed by atoms with van der Waals surface area (Å²) in [6, 6.07) is 0. The first-order chi connectivity index (χ1) is 5.31. The maximum atomic E-state index is 3.43. The van der Waals surface area contributed by atoms with Gasteiger partial charge in [0.2, 0.25) is 0 Å². The van der Waals surface area contributed by atoms with Crippen LogP contribution in [0.4, 0.5) is 0 Å². The Hall–Kier alpha value is 0.210. The molecule has 0 aromatic carbocycles. The average Bonchev–Trinajstić information content (AvgIpc) is 2.34. The zero-order valence-electron chi connectivity index (χ0n) is 7.81. The Kier molecular flexibility index (Phi) is 3.38. The molecule has 2 saturated heterocycles. The van der Waals surface area contributed by atoms with Crippen molar-refractivity contribution >= 4 is 12.4 Å². The molecule has 3 heteroatoms. The number of nitrogens with zero attached hydrogens (tertiary/aromatic N) is 1. The molecule has 2 nitrogen and oxygen atoms in total. The number of halogens is 1. The average molecular weight is 191 g/mol. The maximum Gasteiger partial charge on any atom is 0.00364 e. The SMILES string of the molecule is CN1CCC2(CCNCC2)C1.Cl. The Morgan fingerprint density at radius 3 is 2.33 bits per heavy atom. The van der Waals surface area contributed by atoms with Crippen molar-refractivity contribution in [1.82, 2.24) is 10.2 Å². The molecule has 0 radical (unpaired) electrons. The third-order valence-corrected chi connectivity index (χ3v) is 3.29. The van der Waals surface area contributed by atoms with Crippen LogP contribution in [0.5, 0.6) is 0 Å². The fourth-order valence-electron chi connectivity index (χ4n) is 2.52. The van der Waals surface area contributed by atoms with E-state index < -0.39 is 0 Å². The lowest BCUT2D eigenvalue weighted by Crippen LogP contribution is -2.38. The van der Waals surface area contributed by atoms with E-state index in [1.807, 2.05) is 0 Å². The number of hydrogen-bond acceptors (Lipinski definition) is 2. The van der Waals surface area contributed by atoms with Crippen LogP contribution in [0, 0.1) is 5.41 Å². The maximum absolute atomic E-state index is 3.43. The largest absolute Gasteiger partial charge is 0.317 e. The molecule has 0 atom stereocenters. The van der Waals surface area contributed by atoms with Gasteiger partial charge in [-0.1, -0.05) is 0 Å². The van der Waals surface area contributed by atoms with Crippen LogP contribution in [0.2, 0.25) is 0 Å². The van der Waals surface area contributed by atoms with Crippen LogP contribution in [0.25, 0.3) is 0 Å². The molecule has 0 unspecified atom stereocenters. The zero-order valence-corrected chi connectivity index (χ0v) is 8.62. The van der Waals surface area contributed by atoms with Crippen LogP contribution in [-0.2, 0) is 0 Å². The van der Waals surface area contributed by atoms with Gasteiger partial charge in [-0.25, -0.2) is 0 Å². The second-order valence-corrected chi connectivity index (χ2v) is 4.24. The molecule has 0 bridgehead atoms. The lowest BCUT2D eigenvalue weighted by molar-refractivity contribution is 0.207. The van der Waals surface area contributed by atoms with Crippen molar-refractivity contribution in [3.8, 4) is 0 Å². The third-order valence-electron chi connectivity index (χ3n) is 3.29. The van der Waals surface area contributed by atoms with Gasteiger partial charge in [0.25, 0.3) is 0 Å². The van der Waals surface area contributed by atoms with Gasteiger partial charge in [-0.15, -0.1) is 12.4 Å². The minimum absolute atomic E-state index is 0. The Morgan fingerprint density at radius 1 is 1.17 bits per heavy atom. The van der Waals surface area contributed by atoms with Gasteiger partial charge in [0, 0.05) is 6.54 Å². The van der Waals surface area contributed by atoms with E-state index in [9.17, 15) is 0 Å². The fourth-order valence-corrected chi connectivity index (χ4v) is 2.52. The summed E-state index contributed by atoms with van der Waals surface area (Å²) in [7, 11) is 2.25. The second-order valence-electron chi connectivity index (χ2n) is 4.24. The number of rotatable bonds is 0. The smallest absolute Gasteiger partial charge is 0.00364 e. The van der Waals surface area contributed by atoms with E-state index in [1.54, 1.807) is 0 Å². The molecule has 72 valence electrons. The van der Waals surface area contributed by atoms with Gasteiger partial charge in [0.1, 0.15) is 0 Å². The summed E-state index contributed by atoms with van der Waals surface area (Å²) in [5.41, 5.74) is 0.708. The molecule has 0 aromatic heterocycles. The van der Waals surface area contributed by atoms with Crippen LogP contribution in [0.3, 0.4) is 0 Å². The number of nitrogens with one attached hydrogen (secondary N) is 1. The van der Waals surface area contributed by atoms with Crippen molar-refractivity contribution in [2.24, 2.45) is 5.41 Å². The van der Waals surface area contributed by atoms with Crippen LogP contribution in [0.1, 0.15) is 19.3 Å². The van der Waals surface area contributed by atoms with Crippen molar-refractivity contribution in [3.05, 3.63) is 0 Å². The van der Waals surface area contributed by atoms with Crippen molar-refractivity contribution in [1.29, 1.82) is 0 Å². The van der Waals surface area contributed by atoms with E-state index in [4.69, 9.17) is 0 Å². The Morgan fingerprint density at radius 2 is 1.83 bits per heavy atom. The molecule has 12 heavy (non-hydrogen) atoms. The third kappa shape index (κ3) is 1.93. The molecule has 2 aliphatic rings. The van der Waals surface area contributed by atoms with Crippen molar-refractivity contribution in [3.63, 3.8) is 0 Å². The summed E-state index contributed by atoms with van der Waals surface area (Å²) in [4.78, 5) is 2.48. The van der Waals surface area contributed by atoms with Gasteiger partial charge in [0.15, 0.2) is 0 Å². The van der Waals surface area contributed by atoms with Crippen LogP contribution < -0.4 is 5.32 Å². The monoisotopic (exact) mass is 190 g/mol. The normalized spacial score (nSPS) is 28.8. The molecule has 1 N–H and O–H groups in total. The van der Waals surface area contributed by atoms with E-state index in [2.05, 4.69) is 17.3 Å². The Bertz CT molecular complexity index is 138. The predicted octanol–water partition coefficient (Wildman–Crippen LogP) is 1.11. The van der Waals surface area contributed by atoms with Crippen molar-refractivity contribution < 1.29 is 0 Å². The summed E-state index contributed by atoms with van der Waals surface area (Å²) in [6.45, 7) is 5.15. The van der Waals surface area contributed by atoms with Gasteiger partial charge in [-0.2, -0.15) is 0 Å². The van der Waals surface area contributed by atoms with Gasteiger partial charge in [0.05, 0.1) is 0 Å². The highest BCUT2D eigenvalue weighted by Gasteiger charge is 2.37. The number of likely N-dealkylation sites (tertiary alicyclic amines) is 1. The van der Waals surface area contributed by atoms with E-state index >= 15 is 0 Å². The lowest BCUT2D eigenvalue weighted by Gasteiger charge is -2.33. The molecule has 2 fully saturated rings. The van der Waals surface area contributed by atoms with E-state index in [-0.39, 0.29) is 12.4 Å². The first kappa shape index (κ1) is 10.3. The topological polar surface area (TPSA) is 15.3 Å². The minimum Gasteiger partial charge on any atom is -0.317 e. The molecule has 1 spiro atoms. The van der Waals surface area contributed by atoms with Crippen LogP contribution in [0.15, 0.2) is 0 Å². The molecule has 2 aliphatic heterocycles. The molecular formula is C9H19ClN2. The van der Waals surface area contributed by atoms with Gasteiger partial charge in [-0.3, -0.25) is 0 Å². The molecular weight excluding hydrogens is 172 g/mol.